The van der Waals surface area contributed by atoms with Crippen LogP contribution >= 0.6 is 0 Å². The Bertz CT molecular complexity index is 138. The largest absolute Gasteiger partial charge is 0.306 e. The Hall–Kier alpha value is -0.0400. The summed E-state index contributed by atoms with van der Waals surface area (Å²) < 4.78 is 0. The molecule has 0 aromatic rings. The molecule has 84 valence electrons. The predicted molar refractivity (Wildman–Crippen MR) is 63.5 cm³/mol. The SMILES string of the molecule is CC(C)CCCCN(C)CCC1CC1. The Morgan fingerprint density at radius 2 is 1.86 bits per heavy atom. The molecule has 0 spiro atoms. The number of hydrogen-bond donors (Lipinski definition) is 0. The second-order valence-corrected chi connectivity index (χ2v) is 5.42. The maximum Gasteiger partial charge on any atom is -0.00191 e. The van der Waals surface area contributed by atoms with Crippen LogP contribution in [0.1, 0.15) is 52.4 Å². The molecule has 1 aliphatic carbocycles. The van der Waals surface area contributed by atoms with Crippen molar-refractivity contribution in [3.63, 3.8) is 0 Å². The summed E-state index contributed by atoms with van der Waals surface area (Å²) in [4.78, 5) is 2.51. The molecular weight excluding hydrogens is 170 g/mol. The molecule has 1 fully saturated rings. The van der Waals surface area contributed by atoms with Crippen molar-refractivity contribution in [3.05, 3.63) is 0 Å². The molecule has 1 aliphatic rings. The molecule has 0 aromatic carbocycles. The van der Waals surface area contributed by atoms with E-state index in [0.29, 0.717) is 0 Å². The average molecular weight is 197 g/mol. The lowest BCUT2D eigenvalue weighted by Gasteiger charge is -2.16. The van der Waals surface area contributed by atoms with E-state index in [9.17, 15) is 0 Å². The molecule has 0 saturated heterocycles. The Kier molecular flexibility index (Phi) is 5.54. The lowest BCUT2D eigenvalue weighted by Crippen LogP contribution is -2.21. The molecular formula is C13H27N. The van der Waals surface area contributed by atoms with Crippen molar-refractivity contribution in [2.75, 3.05) is 20.1 Å². The summed E-state index contributed by atoms with van der Waals surface area (Å²) in [7, 11) is 2.28. The summed E-state index contributed by atoms with van der Waals surface area (Å²) in [6.45, 7) is 7.26. The minimum absolute atomic E-state index is 0.881. The van der Waals surface area contributed by atoms with Gasteiger partial charge in [-0.15, -0.1) is 0 Å². The standard InChI is InChI=1S/C13H27N/c1-12(2)6-4-5-10-14(3)11-9-13-7-8-13/h12-13H,4-11H2,1-3H3. The lowest BCUT2D eigenvalue weighted by atomic mass is 10.1. The number of rotatable bonds is 8. The molecule has 1 heteroatoms. The van der Waals surface area contributed by atoms with Gasteiger partial charge in [0.05, 0.1) is 0 Å². The quantitative estimate of drug-likeness (QED) is 0.538. The van der Waals surface area contributed by atoms with E-state index in [0.717, 1.165) is 11.8 Å². The van der Waals surface area contributed by atoms with Crippen LogP contribution in [0.4, 0.5) is 0 Å². The molecule has 1 rings (SSSR count). The van der Waals surface area contributed by atoms with Gasteiger partial charge < -0.3 is 4.90 Å². The molecule has 0 radical (unpaired) electrons. The Morgan fingerprint density at radius 1 is 1.14 bits per heavy atom. The average Bonchev–Trinajstić information content (AvgIpc) is 2.92. The smallest absolute Gasteiger partial charge is 0.00191 e. The number of unbranched alkanes of at least 4 members (excludes halogenated alkanes) is 1. The first kappa shape index (κ1) is 12.0. The van der Waals surface area contributed by atoms with Crippen LogP contribution in [0.5, 0.6) is 0 Å². The fourth-order valence-corrected chi connectivity index (χ4v) is 1.86. The molecule has 0 atom stereocenters. The van der Waals surface area contributed by atoms with Crippen molar-refractivity contribution in [2.45, 2.75) is 52.4 Å². The zero-order valence-electron chi connectivity index (χ0n) is 10.3. The molecule has 0 aromatic heterocycles. The minimum Gasteiger partial charge on any atom is -0.306 e. The minimum atomic E-state index is 0.881. The van der Waals surface area contributed by atoms with Gasteiger partial charge in [0.2, 0.25) is 0 Å². The van der Waals surface area contributed by atoms with E-state index < -0.39 is 0 Å². The zero-order chi connectivity index (χ0) is 10.4. The first-order chi connectivity index (χ1) is 6.68. The van der Waals surface area contributed by atoms with Crippen molar-refractivity contribution in [2.24, 2.45) is 11.8 Å². The Morgan fingerprint density at radius 3 is 2.43 bits per heavy atom. The van der Waals surface area contributed by atoms with Crippen LogP contribution in [0.15, 0.2) is 0 Å². The predicted octanol–water partition coefficient (Wildman–Crippen LogP) is 3.54. The summed E-state index contributed by atoms with van der Waals surface area (Å²) in [5.74, 6) is 1.97. The molecule has 0 N–H and O–H groups in total. The highest BCUT2D eigenvalue weighted by atomic mass is 15.1. The van der Waals surface area contributed by atoms with Gasteiger partial charge >= 0.3 is 0 Å². The van der Waals surface area contributed by atoms with Gasteiger partial charge in [0.1, 0.15) is 0 Å². The zero-order valence-corrected chi connectivity index (χ0v) is 10.3. The maximum atomic E-state index is 2.51. The summed E-state index contributed by atoms with van der Waals surface area (Å²) in [6, 6.07) is 0. The van der Waals surface area contributed by atoms with E-state index in [2.05, 4.69) is 25.8 Å². The van der Waals surface area contributed by atoms with Crippen LogP contribution in [0.3, 0.4) is 0 Å². The van der Waals surface area contributed by atoms with Crippen molar-refractivity contribution in [1.82, 2.24) is 4.90 Å². The highest BCUT2D eigenvalue weighted by Gasteiger charge is 2.20. The Labute approximate surface area is 89.9 Å². The second-order valence-electron chi connectivity index (χ2n) is 5.42. The normalized spacial score (nSPS) is 16.9. The highest BCUT2D eigenvalue weighted by molar-refractivity contribution is 4.73. The van der Waals surface area contributed by atoms with Crippen LogP contribution < -0.4 is 0 Å². The molecule has 0 bridgehead atoms. The molecule has 0 unspecified atom stereocenters. The first-order valence-electron chi connectivity index (χ1n) is 6.37. The van der Waals surface area contributed by atoms with Crippen LogP contribution in [-0.2, 0) is 0 Å². The second kappa shape index (κ2) is 6.44. The van der Waals surface area contributed by atoms with Gasteiger partial charge in [0.15, 0.2) is 0 Å². The van der Waals surface area contributed by atoms with E-state index in [1.165, 1.54) is 51.6 Å². The molecule has 0 heterocycles. The lowest BCUT2D eigenvalue weighted by molar-refractivity contribution is 0.310. The maximum absolute atomic E-state index is 2.51. The van der Waals surface area contributed by atoms with E-state index in [1.807, 2.05) is 0 Å². The molecule has 1 nitrogen and oxygen atoms in total. The fourth-order valence-electron chi connectivity index (χ4n) is 1.86. The van der Waals surface area contributed by atoms with Gasteiger partial charge in [0.25, 0.3) is 0 Å². The van der Waals surface area contributed by atoms with Crippen molar-refractivity contribution in [3.8, 4) is 0 Å². The van der Waals surface area contributed by atoms with Crippen molar-refractivity contribution >= 4 is 0 Å². The van der Waals surface area contributed by atoms with Gasteiger partial charge in [-0.2, -0.15) is 0 Å². The van der Waals surface area contributed by atoms with E-state index >= 15 is 0 Å². The van der Waals surface area contributed by atoms with Gasteiger partial charge in [-0.3, -0.25) is 0 Å². The van der Waals surface area contributed by atoms with Crippen LogP contribution in [-0.4, -0.2) is 25.0 Å². The highest BCUT2D eigenvalue weighted by Crippen LogP contribution is 2.32. The monoisotopic (exact) mass is 197 g/mol. The van der Waals surface area contributed by atoms with Gasteiger partial charge in [0, 0.05) is 0 Å². The summed E-state index contributed by atoms with van der Waals surface area (Å²) in [5.41, 5.74) is 0. The topological polar surface area (TPSA) is 3.24 Å². The third-order valence-corrected chi connectivity index (χ3v) is 3.19. The Balaban J connectivity index is 1.83. The molecule has 14 heavy (non-hydrogen) atoms. The van der Waals surface area contributed by atoms with E-state index in [1.54, 1.807) is 0 Å². The molecule has 0 aliphatic heterocycles. The van der Waals surface area contributed by atoms with Crippen LogP contribution in [0.2, 0.25) is 0 Å². The fraction of sp³-hybridized carbons (Fsp3) is 1.00. The molecule has 0 amide bonds. The summed E-state index contributed by atoms with van der Waals surface area (Å²) in [6.07, 6.45) is 8.64. The van der Waals surface area contributed by atoms with Crippen LogP contribution in [0.25, 0.3) is 0 Å². The van der Waals surface area contributed by atoms with E-state index in [-0.39, 0.29) is 0 Å². The number of nitrogens with zero attached hydrogens (tertiary/aromatic N) is 1. The van der Waals surface area contributed by atoms with Gasteiger partial charge in [-0.25, -0.2) is 0 Å². The van der Waals surface area contributed by atoms with Crippen molar-refractivity contribution < 1.29 is 0 Å². The first-order valence-corrected chi connectivity index (χ1v) is 6.37. The summed E-state index contributed by atoms with van der Waals surface area (Å²) >= 11 is 0. The summed E-state index contributed by atoms with van der Waals surface area (Å²) in [5, 5.41) is 0. The van der Waals surface area contributed by atoms with Gasteiger partial charge in [-0.1, -0.05) is 39.5 Å². The third kappa shape index (κ3) is 6.42. The van der Waals surface area contributed by atoms with Crippen molar-refractivity contribution in [1.29, 1.82) is 0 Å². The van der Waals surface area contributed by atoms with Gasteiger partial charge in [-0.05, 0) is 44.8 Å². The number of hydrogen-bond acceptors (Lipinski definition) is 1. The van der Waals surface area contributed by atoms with Crippen LogP contribution in [0, 0.1) is 11.8 Å². The van der Waals surface area contributed by atoms with E-state index in [4.69, 9.17) is 0 Å². The molecule has 1 saturated carbocycles. The third-order valence-electron chi connectivity index (χ3n) is 3.19.